The number of phenolic OH excluding ortho intramolecular Hbond substituents is 1. The maximum Gasteiger partial charge on any atom is 0.211 e. The molecule has 0 saturated carbocycles. The van der Waals surface area contributed by atoms with E-state index in [1.165, 1.54) is 0 Å². The molecule has 5 nitrogen and oxygen atoms in total. The normalized spacial score (nSPS) is 12.4. The average Bonchev–Trinajstić information content (AvgIpc) is 2.99. The zero-order valence-corrected chi connectivity index (χ0v) is 15.9. The van der Waals surface area contributed by atoms with Gasteiger partial charge >= 0.3 is 0 Å². The molecule has 0 atom stereocenters. The molecule has 0 aliphatic rings. The van der Waals surface area contributed by atoms with E-state index < -0.39 is 0 Å². The summed E-state index contributed by atoms with van der Waals surface area (Å²) >= 11 is 1.55. The van der Waals surface area contributed by atoms with Crippen molar-refractivity contribution in [3.8, 4) is 11.5 Å². The lowest BCUT2D eigenvalue weighted by atomic mass is 10.0. The van der Waals surface area contributed by atoms with Gasteiger partial charge in [-0.15, -0.1) is 5.10 Å². The summed E-state index contributed by atoms with van der Waals surface area (Å²) in [5, 5.41) is 20.8. The van der Waals surface area contributed by atoms with Gasteiger partial charge in [0.15, 0.2) is 0 Å². The minimum absolute atomic E-state index is 0.190. The number of hydrogen-bond acceptors (Lipinski definition) is 5. The summed E-state index contributed by atoms with van der Waals surface area (Å²) in [6.45, 7) is 2.61. The van der Waals surface area contributed by atoms with E-state index in [4.69, 9.17) is 4.74 Å². The molecular formula is C21H19N3O2S. The zero-order valence-electron chi connectivity index (χ0n) is 15.1. The molecule has 0 saturated heterocycles. The monoisotopic (exact) mass is 377 g/mol. The first kappa shape index (κ1) is 17.3. The van der Waals surface area contributed by atoms with Gasteiger partial charge in [-0.1, -0.05) is 41.7 Å². The fourth-order valence-corrected chi connectivity index (χ4v) is 4.03. The lowest BCUT2D eigenvalue weighted by Gasteiger charge is -2.03. The van der Waals surface area contributed by atoms with Crippen molar-refractivity contribution >= 4 is 38.5 Å². The number of aryl methyl sites for hydroxylation is 1. The highest BCUT2D eigenvalue weighted by atomic mass is 32.1. The largest absolute Gasteiger partial charge is 0.507 e. The standard InChI is InChI=1S/C21H19N3O2S/c1-3-26-15-9-10-18-20(12-15)27-21(24(18)2)23-22-13-17-16-7-5-4-6-14(16)8-11-19(17)25/h4-13,25H,3H2,1-2H3/b22-13+,23-21-. The molecule has 1 aromatic heterocycles. The predicted molar refractivity (Wildman–Crippen MR) is 111 cm³/mol. The van der Waals surface area contributed by atoms with E-state index in [0.29, 0.717) is 12.2 Å². The van der Waals surface area contributed by atoms with E-state index in [9.17, 15) is 5.11 Å². The molecule has 0 aliphatic heterocycles. The van der Waals surface area contributed by atoms with Crippen molar-refractivity contribution in [3.05, 3.63) is 65.0 Å². The van der Waals surface area contributed by atoms with Gasteiger partial charge in [-0.25, -0.2) is 0 Å². The molecular weight excluding hydrogens is 358 g/mol. The number of nitrogens with zero attached hydrogens (tertiary/aromatic N) is 3. The topological polar surface area (TPSA) is 59.1 Å². The second-order valence-electron chi connectivity index (χ2n) is 6.07. The summed E-state index contributed by atoms with van der Waals surface area (Å²) in [5.74, 6) is 1.04. The third-order valence-electron chi connectivity index (χ3n) is 4.37. The second kappa shape index (κ2) is 7.25. The van der Waals surface area contributed by atoms with Crippen molar-refractivity contribution in [2.75, 3.05) is 6.61 Å². The molecule has 0 bridgehead atoms. The first-order valence-corrected chi connectivity index (χ1v) is 9.49. The van der Waals surface area contributed by atoms with Gasteiger partial charge in [0, 0.05) is 12.6 Å². The van der Waals surface area contributed by atoms with Crippen molar-refractivity contribution in [3.63, 3.8) is 0 Å². The Balaban J connectivity index is 1.75. The van der Waals surface area contributed by atoms with Crippen LogP contribution in [0.3, 0.4) is 0 Å². The molecule has 0 fully saturated rings. The summed E-state index contributed by atoms with van der Waals surface area (Å²) in [7, 11) is 1.96. The summed E-state index contributed by atoms with van der Waals surface area (Å²) in [4.78, 5) is 0.773. The van der Waals surface area contributed by atoms with E-state index in [1.807, 2.05) is 67.1 Å². The quantitative estimate of drug-likeness (QED) is 0.422. The van der Waals surface area contributed by atoms with Crippen molar-refractivity contribution in [1.29, 1.82) is 0 Å². The minimum Gasteiger partial charge on any atom is -0.507 e. The molecule has 0 amide bonds. The van der Waals surface area contributed by atoms with Gasteiger partial charge in [-0.2, -0.15) is 5.10 Å². The van der Waals surface area contributed by atoms with Crippen LogP contribution in [-0.2, 0) is 7.05 Å². The highest BCUT2D eigenvalue weighted by molar-refractivity contribution is 7.16. The number of aromatic hydroxyl groups is 1. The average molecular weight is 377 g/mol. The van der Waals surface area contributed by atoms with E-state index in [0.717, 1.165) is 31.5 Å². The van der Waals surface area contributed by atoms with Gasteiger partial charge in [-0.05, 0) is 42.0 Å². The molecule has 0 spiro atoms. The van der Waals surface area contributed by atoms with Crippen LogP contribution in [0, 0.1) is 0 Å². The zero-order chi connectivity index (χ0) is 18.8. The molecule has 27 heavy (non-hydrogen) atoms. The number of phenols is 1. The van der Waals surface area contributed by atoms with Crippen LogP contribution in [-0.4, -0.2) is 22.5 Å². The Morgan fingerprint density at radius 1 is 1.15 bits per heavy atom. The molecule has 0 aliphatic carbocycles. The highest BCUT2D eigenvalue weighted by Crippen LogP contribution is 2.25. The molecule has 0 radical (unpaired) electrons. The number of ether oxygens (including phenoxy) is 1. The summed E-state index contributed by atoms with van der Waals surface area (Å²) in [5.41, 5.74) is 1.74. The van der Waals surface area contributed by atoms with E-state index in [2.05, 4.69) is 10.2 Å². The molecule has 0 unspecified atom stereocenters. The number of fused-ring (bicyclic) bond motifs is 2. The van der Waals surface area contributed by atoms with Crippen LogP contribution in [0.15, 0.2) is 64.8 Å². The van der Waals surface area contributed by atoms with Gasteiger partial charge < -0.3 is 14.4 Å². The van der Waals surface area contributed by atoms with E-state index in [-0.39, 0.29) is 5.75 Å². The third-order valence-corrected chi connectivity index (χ3v) is 5.45. The van der Waals surface area contributed by atoms with Crippen LogP contribution >= 0.6 is 11.3 Å². The van der Waals surface area contributed by atoms with Gasteiger partial charge in [0.05, 0.1) is 23.0 Å². The first-order chi connectivity index (χ1) is 13.2. The Kier molecular flexibility index (Phi) is 4.64. The van der Waals surface area contributed by atoms with Gasteiger partial charge in [0.1, 0.15) is 11.5 Å². The van der Waals surface area contributed by atoms with Gasteiger partial charge in [-0.3, -0.25) is 0 Å². The Morgan fingerprint density at radius 3 is 2.85 bits per heavy atom. The Labute approximate surface area is 160 Å². The third kappa shape index (κ3) is 3.31. The van der Waals surface area contributed by atoms with Crippen molar-refractivity contribution < 1.29 is 9.84 Å². The molecule has 4 aromatic rings. The Bertz CT molecular complexity index is 1220. The lowest BCUT2D eigenvalue weighted by molar-refractivity contribution is 0.341. The Morgan fingerprint density at radius 2 is 2.00 bits per heavy atom. The molecule has 1 heterocycles. The second-order valence-corrected chi connectivity index (χ2v) is 7.08. The van der Waals surface area contributed by atoms with Crippen LogP contribution in [0.4, 0.5) is 0 Å². The van der Waals surface area contributed by atoms with Crippen LogP contribution in [0.2, 0.25) is 0 Å². The fourth-order valence-electron chi connectivity index (χ4n) is 3.02. The SMILES string of the molecule is CCOc1ccc2c(c1)s/c(=N\N=C\c1c(O)ccc3ccccc13)n2C. The van der Waals surface area contributed by atoms with Crippen molar-refractivity contribution in [2.24, 2.45) is 17.3 Å². The molecule has 3 aromatic carbocycles. The summed E-state index contributed by atoms with van der Waals surface area (Å²) in [6.07, 6.45) is 1.60. The van der Waals surface area contributed by atoms with Crippen LogP contribution in [0.25, 0.3) is 21.0 Å². The number of benzene rings is 3. The maximum atomic E-state index is 10.2. The minimum atomic E-state index is 0.190. The highest BCUT2D eigenvalue weighted by Gasteiger charge is 2.06. The molecule has 136 valence electrons. The fraction of sp³-hybridized carbons (Fsp3) is 0.143. The maximum absolute atomic E-state index is 10.2. The number of thiazole rings is 1. The number of hydrogen-bond donors (Lipinski definition) is 1. The molecule has 6 heteroatoms. The first-order valence-electron chi connectivity index (χ1n) is 8.67. The van der Waals surface area contributed by atoms with E-state index in [1.54, 1.807) is 23.6 Å². The Hall–Kier alpha value is -3.12. The molecule has 4 rings (SSSR count). The summed E-state index contributed by atoms with van der Waals surface area (Å²) < 4.78 is 8.65. The smallest absolute Gasteiger partial charge is 0.211 e. The predicted octanol–water partition coefficient (Wildman–Crippen LogP) is 4.43. The van der Waals surface area contributed by atoms with Gasteiger partial charge in [0.2, 0.25) is 4.80 Å². The molecule has 1 N–H and O–H groups in total. The van der Waals surface area contributed by atoms with Crippen LogP contribution in [0.1, 0.15) is 12.5 Å². The number of rotatable bonds is 4. The van der Waals surface area contributed by atoms with Gasteiger partial charge in [0.25, 0.3) is 0 Å². The van der Waals surface area contributed by atoms with Crippen LogP contribution in [0.5, 0.6) is 11.5 Å². The van der Waals surface area contributed by atoms with Crippen LogP contribution < -0.4 is 9.54 Å². The number of aromatic nitrogens is 1. The van der Waals surface area contributed by atoms with Crippen molar-refractivity contribution in [1.82, 2.24) is 4.57 Å². The van der Waals surface area contributed by atoms with Crippen molar-refractivity contribution in [2.45, 2.75) is 6.92 Å². The van der Waals surface area contributed by atoms with E-state index >= 15 is 0 Å². The lowest BCUT2D eigenvalue weighted by Crippen LogP contribution is -2.08. The summed E-state index contributed by atoms with van der Waals surface area (Å²) in [6, 6.07) is 17.4.